The van der Waals surface area contributed by atoms with Crippen molar-refractivity contribution in [2.45, 2.75) is 0 Å². The van der Waals surface area contributed by atoms with Crippen molar-refractivity contribution in [2.24, 2.45) is 0 Å². The second-order valence-corrected chi connectivity index (χ2v) is 5.96. The number of hydrogen-bond donors (Lipinski definition) is 2. The maximum absolute atomic E-state index is 12.1. The fourth-order valence-electron chi connectivity index (χ4n) is 2.05. The van der Waals surface area contributed by atoms with Gasteiger partial charge in [0.1, 0.15) is 0 Å². The first-order valence-corrected chi connectivity index (χ1v) is 7.67. The molecular formula is C16H11BrClN3O. The molecule has 0 unspecified atom stereocenters. The van der Waals surface area contributed by atoms with Crippen LogP contribution in [0.25, 0.3) is 10.9 Å². The third-order valence-corrected chi connectivity index (χ3v) is 3.80. The normalized spacial score (nSPS) is 10.5. The van der Waals surface area contributed by atoms with Crippen molar-refractivity contribution in [3.05, 3.63) is 64.2 Å². The minimum absolute atomic E-state index is 0.324. The SMILES string of the molecule is O=C(Nc1ccc(Cl)cc1)Nc1ccnc2ccc(Br)cc12. The van der Waals surface area contributed by atoms with Gasteiger partial charge in [-0.1, -0.05) is 27.5 Å². The summed E-state index contributed by atoms with van der Waals surface area (Å²) in [6.07, 6.45) is 1.66. The highest BCUT2D eigenvalue weighted by Crippen LogP contribution is 2.25. The van der Waals surface area contributed by atoms with Crippen LogP contribution >= 0.6 is 27.5 Å². The summed E-state index contributed by atoms with van der Waals surface area (Å²) in [6.45, 7) is 0. The zero-order valence-electron chi connectivity index (χ0n) is 11.3. The van der Waals surface area contributed by atoms with Gasteiger partial charge in [0.25, 0.3) is 0 Å². The summed E-state index contributed by atoms with van der Waals surface area (Å²) in [4.78, 5) is 16.4. The Morgan fingerprint density at radius 3 is 2.59 bits per heavy atom. The number of nitrogens with zero attached hydrogens (tertiary/aromatic N) is 1. The second-order valence-electron chi connectivity index (χ2n) is 4.61. The highest BCUT2D eigenvalue weighted by atomic mass is 79.9. The van der Waals surface area contributed by atoms with Crippen LogP contribution < -0.4 is 10.6 Å². The molecule has 2 amide bonds. The van der Waals surface area contributed by atoms with Gasteiger partial charge in [0, 0.05) is 26.8 Å². The molecule has 110 valence electrons. The summed E-state index contributed by atoms with van der Waals surface area (Å²) in [5.74, 6) is 0. The van der Waals surface area contributed by atoms with E-state index in [1.807, 2.05) is 18.2 Å². The van der Waals surface area contributed by atoms with Crippen LogP contribution in [-0.2, 0) is 0 Å². The quantitative estimate of drug-likeness (QED) is 0.638. The predicted molar refractivity (Wildman–Crippen MR) is 93.5 cm³/mol. The lowest BCUT2D eigenvalue weighted by Crippen LogP contribution is -2.19. The van der Waals surface area contributed by atoms with Gasteiger partial charge in [-0.3, -0.25) is 4.98 Å². The van der Waals surface area contributed by atoms with Gasteiger partial charge in [0.15, 0.2) is 0 Å². The van der Waals surface area contributed by atoms with Gasteiger partial charge in [-0.15, -0.1) is 0 Å². The van der Waals surface area contributed by atoms with Crippen LogP contribution in [0.2, 0.25) is 5.02 Å². The lowest BCUT2D eigenvalue weighted by atomic mass is 10.2. The van der Waals surface area contributed by atoms with Gasteiger partial charge >= 0.3 is 6.03 Å². The molecule has 0 bridgehead atoms. The summed E-state index contributed by atoms with van der Waals surface area (Å²) < 4.78 is 0.925. The van der Waals surface area contributed by atoms with E-state index < -0.39 is 0 Å². The van der Waals surface area contributed by atoms with E-state index in [-0.39, 0.29) is 6.03 Å². The molecule has 22 heavy (non-hydrogen) atoms. The van der Waals surface area contributed by atoms with Crippen LogP contribution in [0.15, 0.2) is 59.2 Å². The van der Waals surface area contributed by atoms with Crippen molar-refractivity contribution in [2.75, 3.05) is 10.6 Å². The van der Waals surface area contributed by atoms with Crippen molar-refractivity contribution < 1.29 is 4.79 Å². The maximum atomic E-state index is 12.1. The van der Waals surface area contributed by atoms with E-state index in [2.05, 4.69) is 31.5 Å². The molecule has 4 nitrogen and oxygen atoms in total. The fourth-order valence-corrected chi connectivity index (χ4v) is 2.53. The maximum Gasteiger partial charge on any atom is 0.323 e. The average Bonchev–Trinajstić information content (AvgIpc) is 2.50. The molecule has 1 aromatic heterocycles. The number of rotatable bonds is 2. The Kier molecular flexibility index (Phi) is 4.27. The standard InChI is InChI=1S/C16H11BrClN3O/c17-10-1-6-14-13(9-10)15(7-8-19-14)21-16(22)20-12-4-2-11(18)3-5-12/h1-9H,(H2,19,20,21,22). The van der Waals surface area contributed by atoms with Gasteiger partial charge in [0.2, 0.25) is 0 Å². The molecule has 0 spiro atoms. The zero-order valence-corrected chi connectivity index (χ0v) is 13.6. The number of benzene rings is 2. The topological polar surface area (TPSA) is 54.0 Å². The zero-order chi connectivity index (χ0) is 15.5. The minimum Gasteiger partial charge on any atom is -0.308 e. The number of carbonyl (C=O) groups is 1. The monoisotopic (exact) mass is 375 g/mol. The lowest BCUT2D eigenvalue weighted by molar-refractivity contribution is 0.262. The van der Waals surface area contributed by atoms with E-state index in [1.165, 1.54) is 0 Å². The molecule has 3 rings (SSSR count). The predicted octanol–water partition coefficient (Wildman–Crippen LogP) is 5.29. The van der Waals surface area contributed by atoms with Crippen molar-refractivity contribution in [3.8, 4) is 0 Å². The smallest absolute Gasteiger partial charge is 0.308 e. The molecule has 0 saturated heterocycles. The summed E-state index contributed by atoms with van der Waals surface area (Å²) in [5.41, 5.74) is 2.17. The second kappa shape index (κ2) is 6.34. The van der Waals surface area contributed by atoms with Crippen molar-refractivity contribution in [1.29, 1.82) is 0 Å². The first-order chi connectivity index (χ1) is 10.6. The van der Waals surface area contributed by atoms with E-state index in [4.69, 9.17) is 11.6 Å². The molecule has 1 heterocycles. The van der Waals surface area contributed by atoms with E-state index in [0.29, 0.717) is 16.4 Å². The molecule has 2 aromatic carbocycles. The summed E-state index contributed by atoms with van der Waals surface area (Å²) in [6, 6.07) is 14.1. The number of nitrogens with one attached hydrogen (secondary N) is 2. The highest BCUT2D eigenvalue weighted by molar-refractivity contribution is 9.10. The summed E-state index contributed by atoms with van der Waals surface area (Å²) >= 11 is 9.24. The number of aromatic nitrogens is 1. The molecule has 0 atom stereocenters. The molecule has 6 heteroatoms. The number of pyridine rings is 1. The Morgan fingerprint density at radius 1 is 1.05 bits per heavy atom. The van der Waals surface area contributed by atoms with Gasteiger partial charge in [-0.2, -0.15) is 0 Å². The number of hydrogen-bond acceptors (Lipinski definition) is 2. The Morgan fingerprint density at radius 2 is 1.82 bits per heavy atom. The van der Waals surface area contributed by atoms with Crippen LogP contribution in [-0.4, -0.2) is 11.0 Å². The Labute approximate surface area is 140 Å². The molecular weight excluding hydrogens is 366 g/mol. The third kappa shape index (κ3) is 3.37. The average molecular weight is 377 g/mol. The molecule has 0 saturated carbocycles. The van der Waals surface area contributed by atoms with Crippen molar-refractivity contribution in [3.63, 3.8) is 0 Å². The number of halogens is 2. The van der Waals surface area contributed by atoms with E-state index in [9.17, 15) is 4.79 Å². The van der Waals surface area contributed by atoms with Gasteiger partial charge in [-0.25, -0.2) is 4.79 Å². The van der Waals surface area contributed by atoms with Crippen LogP contribution in [0.3, 0.4) is 0 Å². The first-order valence-electron chi connectivity index (χ1n) is 6.50. The first kappa shape index (κ1) is 14.8. The molecule has 2 N–H and O–H groups in total. The minimum atomic E-state index is -0.324. The molecule has 0 radical (unpaired) electrons. The molecule has 0 fully saturated rings. The molecule has 0 aliphatic heterocycles. The Hall–Kier alpha value is -2.11. The summed E-state index contributed by atoms with van der Waals surface area (Å²) in [5, 5.41) is 7.07. The highest BCUT2D eigenvalue weighted by Gasteiger charge is 2.07. The molecule has 0 aliphatic rings. The summed E-state index contributed by atoms with van der Waals surface area (Å²) in [7, 11) is 0. The van der Waals surface area contributed by atoms with E-state index in [0.717, 1.165) is 15.4 Å². The van der Waals surface area contributed by atoms with Crippen LogP contribution in [0.5, 0.6) is 0 Å². The Balaban J connectivity index is 1.82. The van der Waals surface area contributed by atoms with Gasteiger partial charge in [-0.05, 0) is 48.5 Å². The molecule has 0 aliphatic carbocycles. The number of anilines is 2. The number of urea groups is 1. The largest absolute Gasteiger partial charge is 0.323 e. The van der Waals surface area contributed by atoms with Crippen LogP contribution in [0, 0.1) is 0 Å². The third-order valence-electron chi connectivity index (χ3n) is 3.05. The molecule has 3 aromatic rings. The van der Waals surface area contributed by atoms with Crippen molar-refractivity contribution in [1.82, 2.24) is 4.98 Å². The van der Waals surface area contributed by atoms with E-state index in [1.54, 1.807) is 36.5 Å². The Bertz CT molecular complexity index is 836. The lowest BCUT2D eigenvalue weighted by Gasteiger charge is -2.10. The number of fused-ring (bicyclic) bond motifs is 1. The van der Waals surface area contributed by atoms with Gasteiger partial charge < -0.3 is 10.6 Å². The van der Waals surface area contributed by atoms with Crippen LogP contribution in [0.1, 0.15) is 0 Å². The van der Waals surface area contributed by atoms with Crippen LogP contribution in [0.4, 0.5) is 16.2 Å². The number of carbonyl (C=O) groups excluding carboxylic acids is 1. The fraction of sp³-hybridized carbons (Fsp3) is 0. The number of amides is 2. The van der Waals surface area contributed by atoms with Crippen molar-refractivity contribution >= 4 is 55.8 Å². The van der Waals surface area contributed by atoms with Gasteiger partial charge in [0.05, 0.1) is 11.2 Å². The van der Waals surface area contributed by atoms with E-state index >= 15 is 0 Å².